The molecule has 3 aliphatic rings. The Labute approximate surface area is 205 Å². The average Bonchev–Trinajstić information content (AvgIpc) is 3.79. The van der Waals surface area contributed by atoms with Gasteiger partial charge in [0.1, 0.15) is 11.6 Å². The van der Waals surface area contributed by atoms with E-state index in [0.717, 1.165) is 72.7 Å². The van der Waals surface area contributed by atoms with Gasteiger partial charge < -0.3 is 9.64 Å². The van der Waals surface area contributed by atoms with Crippen LogP contribution in [0, 0.1) is 25.2 Å². The van der Waals surface area contributed by atoms with Gasteiger partial charge in [0, 0.05) is 47.3 Å². The minimum atomic E-state index is 0.00946. The standard InChI is InChI=1S/C29H31N3O3/c1-18-19(2)30-26(22-6-4-20(5-7-22)21-10-12-24(35-3)13-11-21)32(27(18)33)25-16-29(25)14-15-31(17-29)28(34)23-8-9-23/h4-7,10-13,23,25H,8-9,14-17H2,1-3H3/t25?,29-/m0/s1. The van der Waals surface area contributed by atoms with E-state index >= 15 is 0 Å². The number of carbonyl (C=O) groups excluding carboxylic acids is 1. The molecule has 1 saturated heterocycles. The van der Waals surface area contributed by atoms with Crippen LogP contribution in [0.5, 0.6) is 5.75 Å². The summed E-state index contributed by atoms with van der Waals surface area (Å²) in [5.74, 6) is 2.12. The third-order valence-corrected chi connectivity index (χ3v) is 8.23. The van der Waals surface area contributed by atoms with E-state index in [9.17, 15) is 9.59 Å². The topological polar surface area (TPSA) is 64.4 Å². The number of benzene rings is 2. The lowest BCUT2D eigenvalue weighted by atomic mass is 10.0. The number of amides is 1. The molecule has 6 rings (SSSR count). The number of aromatic nitrogens is 2. The van der Waals surface area contributed by atoms with Crippen molar-refractivity contribution in [2.24, 2.45) is 11.3 Å². The van der Waals surface area contributed by atoms with Crippen LogP contribution in [0.3, 0.4) is 0 Å². The van der Waals surface area contributed by atoms with Crippen molar-refractivity contribution in [3.05, 3.63) is 70.1 Å². The molecule has 6 nitrogen and oxygen atoms in total. The summed E-state index contributed by atoms with van der Waals surface area (Å²) in [6, 6.07) is 16.4. The Bertz CT molecular complexity index is 1360. The molecule has 6 heteroatoms. The molecule has 3 aromatic rings. The van der Waals surface area contributed by atoms with Gasteiger partial charge in [0.2, 0.25) is 5.91 Å². The molecule has 1 amide bonds. The van der Waals surface area contributed by atoms with Crippen LogP contribution in [0.4, 0.5) is 0 Å². The van der Waals surface area contributed by atoms with Gasteiger partial charge in [0.25, 0.3) is 5.56 Å². The van der Waals surface area contributed by atoms with Crippen molar-refractivity contribution in [3.8, 4) is 28.3 Å². The Morgan fingerprint density at radius 1 is 1.00 bits per heavy atom. The van der Waals surface area contributed by atoms with Crippen molar-refractivity contribution in [3.63, 3.8) is 0 Å². The monoisotopic (exact) mass is 469 g/mol. The minimum absolute atomic E-state index is 0.00946. The van der Waals surface area contributed by atoms with Crippen molar-refractivity contribution in [1.29, 1.82) is 0 Å². The second kappa shape index (κ2) is 8.08. The lowest BCUT2D eigenvalue weighted by molar-refractivity contribution is -0.131. The van der Waals surface area contributed by atoms with Crippen molar-refractivity contribution in [2.75, 3.05) is 20.2 Å². The zero-order valence-electron chi connectivity index (χ0n) is 20.6. The SMILES string of the molecule is COc1ccc(-c2ccc(-c3nc(C)c(C)c(=O)n3C3C[C@]34CCN(C(=O)C3CC3)C4)cc2)cc1. The molecule has 180 valence electrons. The molecule has 2 aromatic carbocycles. The quantitative estimate of drug-likeness (QED) is 0.540. The molecular formula is C29H31N3O3. The molecule has 2 heterocycles. The first kappa shape index (κ1) is 22.1. The zero-order valence-corrected chi connectivity index (χ0v) is 20.6. The third kappa shape index (κ3) is 3.76. The minimum Gasteiger partial charge on any atom is -0.497 e. The predicted octanol–water partition coefficient (Wildman–Crippen LogP) is 4.78. The summed E-state index contributed by atoms with van der Waals surface area (Å²) in [4.78, 5) is 33.1. The van der Waals surface area contributed by atoms with E-state index in [-0.39, 0.29) is 22.9 Å². The van der Waals surface area contributed by atoms with Gasteiger partial charge in [-0.05, 0) is 62.8 Å². The van der Waals surface area contributed by atoms with Crippen LogP contribution in [0.15, 0.2) is 53.3 Å². The van der Waals surface area contributed by atoms with Crippen LogP contribution >= 0.6 is 0 Å². The van der Waals surface area contributed by atoms with Gasteiger partial charge in [-0.25, -0.2) is 4.98 Å². The fourth-order valence-electron chi connectivity index (χ4n) is 5.62. The summed E-state index contributed by atoms with van der Waals surface area (Å²) in [6.07, 6.45) is 3.96. The van der Waals surface area contributed by atoms with Crippen LogP contribution < -0.4 is 10.3 Å². The number of carbonyl (C=O) groups is 1. The fraction of sp³-hybridized carbons (Fsp3) is 0.414. The Balaban J connectivity index is 1.32. The predicted molar refractivity (Wildman–Crippen MR) is 135 cm³/mol. The number of ether oxygens (including phenoxy) is 1. The van der Waals surface area contributed by atoms with Gasteiger partial charge in [0.15, 0.2) is 0 Å². The van der Waals surface area contributed by atoms with E-state index in [0.29, 0.717) is 11.5 Å². The van der Waals surface area contributed by atoms with Gasteiger partial charge in [-0.1, -0.05) is 36.4 Å². The van der Waals surface area contributed by atoms with E-state index in [1.54, 1.807) is 7.11 Å². The van der Waals surface area contributed by atoms with Crippen molar-refractivity contribution < 1.29 is 9.53 Å². The van der Waals surface area contributed by atoms with Crippen molar-refractivity contribution in [1.82, 2.24) is 14.5 Å². The van der Waals surface area contributed by atoms with E-state index in [2.05, 4.69) is 24.3 Å². The zero-order chi connectivity index (χ0) is 24.3. The average molecular weight is 470 g/mol. The van der Waals surface area contributed by atoms with E-state index in [1.807, 2.05) is 47.6 Å². The highest BCUT2D eigenvalue weighted by atomic mass is 16.5. The van der Waals surface area contributed by atoms with Gasteiger partial charge in [-0.3, -0.25) is 14.2 Å². The smallest absolute Gasteiger partial charge is 0.257 e. The van der Waals surface area contributed by atoms with E-state index < -0.39 is 0 Å². The van der Waals surface area contributed by atoms with Crippen molar-refractivity contribution in [2.45, 2.75) is 45.6 Å². The Hall–Kier alpha value is -3.41. The molecule has 1 aliphatic heterocycles. The molecule has 0 radical (unpaired) electrons. The van der Waals surface area contributed by atoms with Crippen LogP contribution in [0.25, 0.3) is 22.5 Å². The van der Waals surface area contributed by atoms with Gasteiger partial charge in [-0.15, -0.1) is 0 Å². The summed E-state index contributed by atoms with van der Waals surface area (Å²) in [7, 11) is 1.66. The largest absolute Gasteiger partial charge is 0.497 e. The third-order valence-electron chi connectivity index (χ3n) is 8.23. The molecule has 2 atom stereocenters. The maximum atomic E-state index is 13.5. The second-order valence-corrected chi connectivity index (χ2v) is 10.5. The molecule has 2 saturated carbocycles. The summed E-state index contributed by atoms with van der Waals surface area (Å²) in [6.45, 7) is 5.35. The number of hydrogen-bond donors (Lipinski definition) is 0. The number of methoxy groups -OCH3 is 1. The first-order valence-electron chi connectivity index (χ1n) is 12.5. The van der Waals surface area contributed by atoms with Crippen LogP contribution in [-0.4, -0.2) is 40.6 Å². The summed E-state index contributed by atoms with van der Waals surface area (Å²) >= 11 is 0. The fourth-order valence-corrected chi connectivity index (χ4v) is 5.62. The Morgan fingerprint density at radius 2 is 1.63 bits per heavy atom. The highest BCUT2D eigenvalue weighted by molar-refractivity contribution is 5.81. The maximum absolute atomic E-state index is 13.5. The second-order valence-electron chi connectivity index (χ2n) is 10.5. The lowest BCUT2D eigenvalue weighted by Gasteiger charge is -2.19. The molecule has 35 heavy (non-hydrogen) atoms. The van der Waals surface area contributed by atoms with Gasteiger partial charge >= 0.3 is 0 Å². The Kier molecular flexibility index (Phi) is 5.09. The van der Waals surface area contributed by atoms with Crippen molar-refractivity contribution >= 4 is 5.91 Å². The number of nitrogens with zero attached hydrogens (tertiary/aromatic N) is 3. The van der Waals surface area contributed by atoms with Crippen LogP contribution in [0.1, 0.15) is 43.0 Å². The number of aryl methyl sites for hydroxylation is 1. The molecule has 0 bridgehead atoms. The van der Waals surface area contributed by atoms with E-state index in [4.69, 9.17) is 9.72 Å². The highest BCUT2D eigenvalue weighted by Crippen LogP contribution is 2.62. The normalized spacial score (nSPS) is 23.1. The maximum Gasteiger partial charge on any atom is 0.257 e. The number of rotatable bonds is 5. The lowest BCUT2D eigenvalue weighted by Crippen LogP contribution is -2.31. The summed E-state index contributed by atoms with van der Waals surface area (Å²) in [5, 5.41) is 0. The van der Waals surface area contributed by atoms with E-state index in [1.165, 1.54) is 0 Å². The molecular weight excluding hydrogens is 438 g/mol. The summed E-state index contributed by atoms with van der Waals surface area (Å²) in [5.41, 5.74) is 4.67. The first-order chi connectivity index (χ1) is 16.9. The molecule has 3 fully saturated rings. The van der Waals surface area contributed by atoms with Gasteiger partial charge in [0.05, 0.1) is 7.11 Å². The number of likely N-dealkylation sites (tertiary alicyclic amines) is 1. The van der Waals surface area contributed by atoms with Crippen LogP contribution in [-0.2, 0) is 4.79 Å². The molecule has 1 unspecified atom stereocenters. The molecule has 1 spiro atoms. The number of hydrogen-bond acceptors (Lipinski definition) is 4. The molecule has 0 N–H and O–H groups in total. The molecule has 1 aromatic heterocycles. The van der Waals surface area contributed by atoms with Crippen LogP contribution in [0.2, 0.25) is 0 Å². The molecule has 2 aliphatic carbocycles. The highest BCUT2D eigenvalue weighted by Gasteiger charge is 2.60. The first-order valence-corrected chi connectivity index (χ1v) is 12.5. The summed E-state index contributed by atoms with van der Waals surface area (Å²) < 4.78 is 7.19. The van der Waals surface area contributed by atoms with Gasteiger partial charge in [-0.2, -0.15) is 0 Å². The Morgan fingerprint density at radius 3 is 2.26 bits per heavy atom.